The first-order chi connectivity index (χ1) is 15.7. The zero-order chi connectivity index (χ0) is 23.6. The monoisotopic (exact) mass is 506 g/mol. The number of carbonyl (C=O) groups is 1. The summed E-state index contributed by atoms with van der Waals surface area (Å²) in [6, 6.07) is 7.68. The second-order valence-electron chi connectivity index (χ2n) is 7.87. The van der Waals surface area contributed by atoms with Crippen LogP contribution >= 0.6 is 22.9 Å². The van der Waals surface area contributed by atoms with Gasteiger partial charge in [0.25, 0.3) is 0 Å². The Hall–Kier alpha value is -2.69. The van der Waals surface area contributed by atoms with Crippen molar-refractivity contribution < 1.29 is 17.9 Å². The molecule has 0 amide bonds. The van der Waals surface area contributed by atoms with E-state index in [0.717, 1.165) is 5.69 Å². The fraction of sp³-hybridized carbons (Fsp3) is 0.318. The second-order valence-corrected chi connectivity index (χ2v) is 11.3. The number of halogens is 1. The van der Waals surface area contributed by atoms with Gasteiger partial charge in [-0.25, -0.2) is 22.9 Å². The zero-order valence-electron chi connectivity index (χ0n) is 18.1. The van der Waals surface area contributed by atoms with Crippen LogP contribution in [-0.4, -0.2) is 40.7 Å². The van der Waals surface area contributed by atoms with Crippen LogP contribution in [0.5, 0.6) is 0 Å². The van der Waals surface area contributed by atoms with Crippen molar-refractivity contribution in [3.63, 3.8) is 0 Å². The lowest BCUT2D eigenvalue weighted by atomic mass is 10.2. The molecule has 1 aliphatic heterocycles. The Morgan fingerprint density at radius 2 is 2.09 bits per heavy atom. The van der Waals surface area contributed by atoms with Gasteiger partial charge in [-0.2, -0.15) is 5.10 Å². The van der Waals surface area contributed by atoms with Gasteiger partial charge < -0.3 is 10.1 Å². The SMILES string of the molecule is Cc1ccc(Nc2nc(COC(=O)/C=C/c3c(C)nn(C4CCS(=O)(=O)C4)c3Cl)cs2)cc1. The van der Waals surface area contributed by atoms with Crippen LogP contribution < -0.4 is 5.32 Å². The number of nitrogens with one attached hydrogen (secondary N) is 1. The van der Waals surface area contributed by atoms with Gasteiger partial charge in [-0.1, -0.05) is 29.3 Å². The normalized spacial score (nSPS) is 17.5. The van der Waals surface area contributed by atoms with E-state index in [2.05, 4.69) is 15.4 Å². The molecule has 0 saturated carbocycles. The molecule has 0 radical (unpaired) electrons. The summed E-state index contributed by atoms with van der Waals surface area (Å²) < 4.78 is 30.3. The Balaban J connectivity index is 1.33. The number of benzene rings is 1. The van der Waals surface area contributed by atoms with Crippen molar-refractivity contribution in [3.05, 3.63) is 63.4 Å². The quantitative estimate of drug-likeness (QED) is 0.372. The highest BCUT2D eigenvalue weighted by Gasteiger charge is 2.31. The van der Waals surface area contributed by atoms with Gasteiger partial charge in [0, 0.05) is 22.7 Å². The summed E-state index contributed by atoms with van der Waals surface area (Å²) in [7, 11) is -3.06. The number of carbonyl (C=O) groups excluding carboxylic acids is 1. The van der Waals surface area contributed by atoms with Crippen LogP contribution in [0.4, 0.5) is 10.8 Å². The molecular formula is C22H23ClN4O4S2. The molecule has 1 atom stereocenters. The maximum atomic E-state index is 12.2. The minimum atomic E-state index is -3.06. The van der Waals surface area contributed by atoms with Gasteiger partial charge in [0.2, 0.25) is 0 Å². The van der Waals surface area contributed by atoms with Crippen LogP contribution in [0, 0.1) is 13.8 Å². The maximum absolute atomic E-state index is 12.2. The predicted octanol–water partition coefficient (Wildman–Crippen LogP) is 4.47. The highest BCUT2D eigenvalue weighted by Crippen LogP contribution is 2.30. The molecule has 1 N–H and O–H groups in total. The van der Waals surface area contributed by atoms with Gasteiger partial charge in [0.15, 0.2) is 15.0 Å². The third kappa shape index (κ3) is 5.82. The predicted molar refractivity (Wildman–Crippen MR) is 130 cm³/mol. The van der Waals surface area contributed by atoms with E-state index in [0.29, 0.717) is 33.7 Å². The number of sulfone groups is 1. The first-order valence-corrected chi connectivity index (χ1v) is 13.4. The van der Waals surface area contributed by atoms with Crippen LogP contribution in [0.3, 0.4) is 0 Å². The van der Waals surface area contributed by atoms with Gasteiger partial charge in [-0.05, 0) is 38.5 Å². The standard InChI is InChI=1S/C22H23ClN4O4S2/c1-14-3-5-16(6-4-14)24-22-25-17(12-32-22)11-31-20(28)8-7-19-15(2)26-27(21(19)23)18-9-10-33(29,30)13-18/h3-8,12,18H,9-11,13H2,1-2H3,(H,24,25)/b8-7+. The van der Waals surface area contributed by atoms with Crippen LogP contribution in [0.2, 0.25) is 5.15 Å². The van der Waals surface area contributed by atoms with Crippen molar-refractivity contribution in [2.45, 2.75) is 32.9 Å². The summed E-state index contributed by atoms with van der Waals surface area (Å²) in [6.45, 7) is 3.83. The molecule has 8 nitrogen and oxygen atoms in total. The first-order valence-electron chi connectivity index (χ1n) is 10.3. The van der Waals surface area contributed by atoms with Crippen LogP contribution in [0.25, 0.3) is 6.08 Å². The Morgan fingerprint density at radius 1 is 1.33 bits per heavy atom. The number of rotatable bonds is 7. The van der Waals surface area contributed by atoms with Crippen molar-refractivity contribution in [1.82, 2.24) is 14.8 Å². The second kappa shape index (κ2) is 9.66. The average Bonchev–Trinajstić information content (AvgIpc) is 3.44. The molecule has 1 aromatic carbocycles. The van der Waals surface area contributed by atoms with Crippen molar-refractivity contribution in [2.24, 2.45) is 0 Å². The summed E-state index contributed by atoms with van der Waals surface area (Å²) in [4.78, 5) is 16.6. The van der Waals surface area contributed by atoms with Crippen molar-refractivity contribution >= 4 is 55.6 Å². The lowest BCUT2D eigenvalue weighted by molar-refractivity contribution is -0.139. The smallest absolute Gasteiger partial charge is 0.331 e. The van der Waals surface area contributed by atoms with Gasteiger partial charge in [0.1, 0.15) is 11.8 Å². The summed E-state index contributed by atoms with van der Waals surface area (Å²) in [5.41, 5.74) is 3.93. The zero-order valence-corrected chi connectivity index (χ0v) is 20.5. The maximum Gasteiger partial charge on any atom is 0.331 e. The number of nitrogens with zero attached hydrogens (tertiary/aromatic N) is 3. The fourth-order valence-electron chi connectivity index (χ4n) is 3.47. The van der Waals surface area contributed by atoms with Crippen LogP contribution in [0.1, 0.15) is 35.0 Å². The van der Waals surface area contributed by atoms with Crippen LogP contribution in [-0.2, 0) is 26.0 Å². The fourth-order valence-corrected chi connectivity index (χ4v) is 6.25. The molecule has 2 aromatic heterocycles. The summed E-state index contributed by atoms with van der Waals surface area (Å²) in [5, 5.41) is 10.4. The Bertz CT molecular complexity index is 1300. The average molecular weight is 507 g/mol. The molecule has 0 spiro atoms. The van der Waals surface area contributed by atoms with E-state index in [-0.39, 0.29) is 24.2 Å². The molecule has 33 heavy (non-hydrogen) atoms. The van der Waals surface area contributed by atoms with E-state index in [4.69, 9.17) is 16.3 Å². The van der Waals surface area contributed by atoms with Gasteiger partial charge >= 0.3 is 5.97 Å². The molecule has 1 saturated heterocycles. The van der Waals surface area contributed by atoms with E-state index in [9.17, 15) is 13.2 Å². The third-order valence-corrected chi connectivity index (χ3v) is 8.16. The molecule has 3 aromatic rings. The highest BCUT2D eigenvalue weighted by atomic mass is 35.5. The molecule has 3 heterocycles. The largest absolute Gasteiger partial charge is 0.456 e. The Kier molecular flexibility index (Phi) is 6.87. The summed E-state index contributed by atoms with van der Waals surface area (Å²) in [6.07, 6.45) is 3.30. The third-order valence-electron chi connectivity index (χ3n) is 5.23. The number of anilines is 2. The van der Waals surface area contributed by atoms with Crippen molar-refractivity contribution in [1.29, 1.82) is 0 Å². The first kappa shape index (κ1) is 23.5. The van der Waals surface area contributed by atoms with E-state index in [1.54, 1.807) is 13.0 Å². The molecule has 4 rings (SSSR count). The Morgan fingerprint density at radius 3 is 2.79 bits per heavy atom. The van der Waals surface area contributed by atoms with E-state index >= 15 is 0 Å². The minimum absolute atomic E-state index is 0.0213. The Labute approximate surface area is 201 Å². The number of hydrogen-bond acceptors (Lipinski definition) is 8. The van der Waals surface area contributed by atoms with Crippen molar-refractivity contribution in [2.75, 3.05) is 16.8 Å². The molecule has 1 aliphatic rings. The summed E-state index contributed by atoms with van der Waals surface area (Å²) >= 11 is 7.85. The molecule has 174 valence electrons. The number of aromatic nitrogens is 3. The number of hydrogen-bond donors (Lipinski definition) is 1. The molecule has 1 fully saturated rings. The molecule has 0 bridgehead atoms. The van der Waals surface area contributed by atoms with Crippen LogP contribution in [0.15, 0.2) is 35.7 Å². The van der Waals surface area contributed by atoms with Gasteiger partial charge in [0.05, 0.1) is 28.9 Å². The number of thiazole rings is 1. The lowest BCUT2D eigenvalue weighted by Gasteiger charge is -2.09. The molecular weight excluding hydrogens is 484 g/mol. The lowest BCUT2D eigenvalue weighted by Crippen LogP contribution is -2.12. The minimum Gasteiger partial charge on any atom is -0.456 e. The number of ether oxygens (including phenoxy) is 1. The van der Waals surface area contributed by atoms with E-state index in [1.807, 2.05) is 36.6 Å². The van der Waals surface area contributed by atoms with E-state index < -0.39 is 15.8 Å². The molecule has 0 aliphatic carbocycles. The molecule has 11 heteroatoms. The summed E-state index contributed by atoms with van der Waals surface area (Å²) in [5.74, 6) is -0.390. The van der Waals surface area contributed by atoms with Gasteiger partial charge in [-0.3, -0.25) is 0 Å². The molecule has 1 unspecified atom stereocenters. The van der Waals surface area contributed by atoms with E-state index in [1.165, 1.54) is 27.7 Å². The topological polar surface area (TPSA) is 103 Å². The number of aryl methyl sites for hydroxylation is 2. The van der Waals surface area contributed by atoms with Crippen molar-refractivity contribution in [3.8, 4) is 0 Å². The highest BCUT2D eigenvalue weighted by molar-refractivity contribution is 7.91. The number of esters is 1. The van der Waals surface area contributed by atoms with Gasteiger partial charge in [-0.15, -0.1) is 11.3 Å².